The van der Waals surface area contributed by atoms with E-state index in [1.165, 1.54) is 4.90 Å². The molecule has 1 atom stereocenters. The summed E-state index contributed by atoms with van der Waals surface area (Å²) in [6, 6.07) is 3.41. The number of non-ortho nitro benzene ring substituents is 1. The van der Waals surface area contributed by atoms with E-state index in [4.69, 9.17) is 0 Å². The van der Waals surface area contributed by atoms with Crippen molar-refractivity contribution in [2.45, 2.75) is 24.0 Å². The second-order valence-electron chi connectivity index (χ2n) is 7.25. The van der Waals surface area contributed by atoms with Crippen LogP contribution in [0.2, 0.25) is 0 Å². The summed E-state index contributed by atoms with van der Waals surface area (Å²) < 4.78 is 58.4. The van der Waals surface area contributed by atoms with E-state index in [-0.39, 0.29) is 34.0 Å². The summed E-state index contributed by atoms with van der Waals surface area (Å²) >= 11 is 6.58. The molecule has 0 bridgehead atoms. The third-order valence-corrected chi connectivity index (χ3v) is 9.74. The zero-order valence-electron chi connectivity index (χ0n) is 16.4. The fraction of sp³-hybridized carbons (Fsp3) is 0.368. The van der Waals surface area contributed by atoms with E-state index in [2.05, 4.69) is 36.8 Å². The average Bonchev–Trinajstić information content (AvgIpc) is 3.00. The zero-order valence-corrected chi connectivity index (χ0v) is 20.4. The molecule has 13 heteroatoms. The minimum absolute atomic E-state index is 0.0506. The Morgan fingerprint density at radius 2 is 2.00 bits per heavy atom. The van der Waals surface area contributed by atoms with Gasteiger partial charge < -0.3 is 4.90 Å². The molecular formula is C19H17Br2F3N4O3S. The zero-order chi connectivity index (χ0) is 23.3. The lowest BCUT2D eigenvalue weighted by Gasteiger charge is -2.31. The van der Waals surface area contributed by atoms with E-state index in [1.807, 2.05) is 6.07 Å². The third-order valence-electron chi connectivity index (χ3n) is 5.53. The molecule has 32 heavy (non-hydrogen) atoms. The molecule has 1 unspecified atom stereocenters. The first kappa shape index (κ1) is 23.5. The summed E-state index contributed by atoms with van der Waals surface area (Å²) in [6.07, 6.45) is -1.01. The molecule has 4 rings (SSSR count). The molecule has 3 heterocycles. The molecule has 1 aromatic heterocycles. The van der Waals surface area contributed by atoms with Gasteiger partial charge >= 0.3 is 6.18 Å². The molecule has 0 amide bonds. The smallest absolute Gasteiger partial charge is 0.334 e. The Kier molecular flexibility index (Phi) is 6.29. The molecular weight excluding hydrogens is 581 g/mol. The largest absolute Gasteiger partial charge is 0.418 e. The van der Waals surface area contributed by atoms with Crippen LogP contribution in [0.1, 0.15) is 16.7 Å². The molecule has 2 aromatic rings. The van der Waals surface area contributed by atoms with Crippen molar-refractivity contribution < 1.29 is 22.3 Å². The van der Waals surface area contributed by atoms with Gasteiger partial charge in [0, 0.05) is 49.5 Å². The van der Waals surface area contributed by atoms with Gasteiger partial charge in [0.25, 0.3) is 5.69 Å². The summed E-state index contributed by atoms with van der Waals surface area (Å²) in [5.41, 5.74) is -0.315. The lowest BCUT2D eigenvalue weighted by atomic mass is 10.0. The van der Waals surface area contributed by atoms with Crippen molar-refractivity contribution in [3.63, 3.8) is 0 Å². The first-order chi connectivity index (χ1) is 15.1. The van der Waals surface area contributed by atoms with Gasteiger partial charge in [0.15, 0.2) is 0 Å². The van der Waals surface area contributed by atoms with Gasteiger partial charge in [0.05, 0.1) is 36.1 Å². The molecule has 0 fully saturated rings. The second kappa shape index (κ2) is 8.58. The standard InChI is InChI=1S/C19H17Br2F3N4O3S/c20-3-6-27-17(9-21)32(31,26-5-2-12-1-4-25-10-13(12)11-26)16-8-14(28(29)30)7-15(18(16)27)19(22,23)24/h1,4,7-8,10H,2-3,5-6,9,11H2. The molecule has 0 N–H and O–H groups in total. The summed E-state index contributed by atoms with van der Waals surface area (Å²) in [7, 11) is -3.38. The SMILES string of the molecule is O=[N+]([O-])c1cc(C(F)(F)F)c2c(c1)S(=O)(N1CCc3ccncc3C1)=C(CBr)N2CCBr. The van der Waals surface area contributed by atoms with Crippen molar-refractivity contribution in [2.24, 2.45) is 0 Å². The Labute approximate surface area is 199 Å². The molecule has 2 aliphatic heterocycles. The van der Waals surface area contributed by atoms with Crippen LogP contribution in [0.5, 0.6) is 0 Å². The summed E-state index contributed by atoms with van der Waals surface area (Å²) in [5, 5.41) is 11.8. The average molecular weight is 598 g/mol. The van der Waals surface area contributed by atoms with Crippen LogP contribution in [0.3, 0.4) is 0 Å². The number of nitro benzene ring substituents is 1. The Hall–Kier alpha value is -1.70. The van der Waals surface area contributed by atoms with Gasteiger partial charge in [-0.2, -0.15) is 13.2 Å². The predicted molar refractivity (Wildman–Crippen MR) is 123 cm³/mol. The van der Waals surface area contributed by atoms with E-state index in [9.17, 15) is 27.5 Å². The maximum absolute atomic E-state index is 14.7. The fourth-order valence-electron chi connectivity index (χ4n) is 4.14. The molecule has 0 spiro atoms. The van der Waals surface area contributed by atoms with E-state index in [1.54, 1.807) is 16.7 Å². The maximum atomic E-state index is 14.7. The van der Waals surface area contributed by atoms with Crippen molar-refractivity contribution in [3.05, 3.63) is 57.4 Å². The first-order valence-corrected chi connectivity index (χ1v) is 13.2. The van der Waals surface area contributed by atoms with E-state index >= 15 is 0 Å². The minimum atomic E-state index is -4.86. The molecule has 0 saturated heterocycles. The van der Waals surface area contributed by atoms with Crippen LogP contribution in [-0.4, -0.2) is 47.2 Å². The number of rotatable bonds is 5. The minimum Gasteiger partial charge on any atom is -0.334 e. The number of hydrogen-bond acceptors (Lipinski definition) is 5. The molecule has 2 aliphatic rings. The molecule has 0 aliphatic carbocycles. The third kappa shape index (κ3) is 3.72. The lowest BCUT2D eigenvalue weighted by molar-refractivity contribution is -0.385. The van der Waals surface area contributed by atoms with Crippen LogP contribution in [0.15, 0.2) is 35.5 Å². The Balaban J connectivity index is 2.01. The van der Waals surface area contributed by atoms with E-state index in [0.717, 1.165) is 17.2 Å². The van der Waals surface area contributed by atoms with Crippen LogP contribution < -0.4 is 4.90 Å². The van der Waals surface area contributed by atoms with Crippen LogP contribution in [-0.2, 0) is 28.8 Å². The number of pyridine rings is 1. The number of fused-ring (bicyclic) bond motifs is 2. The highest BCUT2D eigenvalue weighted by Gasteiger charge is 2.46. The number of alkyl halides is 5. The number of nitrogens with zero attached hydrogens (tertiary/aromatic N) is 4. The Bertz CT molecular complexity index is 1210. The molecule has 0 radical (unpaired) electrons. The van der Waals surface area contributed by atoms with Gasteiger partial charge in [-0.25, -0.2) is 8.51 Å². The maximum Gasteiger partial charge on any atom is 0.418 e. The highest BCUT2D eigenvalue weighted by Crippen LogP contribution is 2.48. The van der Waals surface area contributed by atoms with Crippen LogP contribution in [0.4, 0.5) is 24.5 Å². The van der Waals surface area contributed by atoms with Gasteiger partial charge in [-0.3, -0.25) is 15.1 Å². The van der Waals surface area contributed by atoms with E-state index in [0.29, 0.717) is 24.4 Å². The van der Waals surface area contributed by atoms with Gasteiger partial charge in [-0.05, 0) is 23.6 Å². The summed E-state index contributed by atoms with van der Waals surface area (Å²) in [4.78, 5) is 16.2. The predicted octanol–water partition coefficient (Wildman–Crippen LogP) is 4.36. The van der Waals surface area contributed by atoms with Gasteiger partial charge in [-0.15, -0.1) is 0 Å². The number of nitro groups is 1. The first-order valence-electron chi connectivity index (χ1n) is 9.49. The van der Waals surface area contributed by atoms with Gasteiger partial charge in [0.1, 0.15) is 4.99 Å². The van der Waals surface area contributed by atoms with Crippen LogP contribution >= 0.6 is 31.9 Å². The molecule has 172 valence electrons. The molecule has 7 nitrogen and oxygen atoms in total. The van der Waals surface area contributed by atoms with Gasteiger partial charge in [-0.1, -0.05) is 31.9 Å². The Morgan fingerprint density at radius 1 is 1.25 bits per heavy atom. The highest BCUT2D eigenvalue weighted by molar-refractivity contribution is 9.09. The van der Waals surface area contributed by atoms with Crippen LogP contribution in [0, 0.1) is 10.1 Å². The normalized spacial score (nSPS) is 20.9. The number of hydrogen-bond donors (Lipinski definition) is 0. The van der Waals surface area contributed by atoms with E-state index < -0.39 is 32.1 Å². The van der Waals surface area contributed by atoms with Crippen molar-refractivity contribution in [3.8, 4) is 0 Å². The Morgan fingerprint density at radius 3 is 2.62 bits per heavy atom. The monoisotopic (exact) mass is 596 g/mol. The summed E-state index contributed by atoms with van der Waals surface area (Å²) in [5.74, 6) is 0. The van der Waals surface area contributed by atoms with Crippen LogP contribution in [0.25, 0.3) is 0 Å². The highest BCUT2D eigenvalue weighted by atomic mass is 79.9. The summed E-state index contributed by atoms with van der Waals surface area (Å²) in [6.45, 7) is 0.667. The number of benzene rings is 1. The van der Waals surface area contributed by atoms with Crippen molar-refractivity contribution in [2.75, 3.05) is 28.6 Å². The quantitative estimate of drug-likeness (QED) is 0.221. The van der Waals surface area contributed by atoms with Crippen molar-refractivity contribution in [1.29, 1.82) is 0 Å². The van der Waals surface area contributed by atoms with Gasteiger partial charge in [0.2, 0.25) is 0 Å². The lowest BCUT2D eigenvalue weighted by Crippen LogP contribution is -2.42. The second-order valence-corrected chi connectivity index (χ2v) is 11.1. The number of aromatic nitrogens is 1. The molecule has 1 aromatic carbocycles. The topological polar surface area (TPSA) is 79.6 Å². The fourth-order valence-corrected chi connectivity index (χ4v) is 8.62. The molecule has 0 saturated carbocycles. The van der Waals surface area contributed by atoms with Crippen molar-refractivity contribution >= 4 is 57.9 Å². The van der Waals surface area contributed by atoms with Crippen molar-refractivity contribution in [1.82, 2.24) is 9.29 Å². The number of halogens is 5. The number of anilines is 1.